The molecule has 0 bridgehead atoms. The monoisotopic (exact) mass is 804 g/mol. The Bertz CT molecular complexity index is 3490. The molecule has 2 nitrogen and oxygen atoms in total. The molecule has 0 atom stereocenters. The van der Waals surface area contributed by atoms with E-state index in [1.807, 2.05) is 0 Å². The van der Waals surface area contributed by atoms with E-state index in [-0.39, 0.29) is 0 Å². The second kappa shape index (κ2) is 16.3. The molecule has 12 aromatic carbocycles. The molecule has 0 aliphatic rings. The van der Waals surface area contributed by atoms with Gasteiger partial charge >= 0.3 is 0 Å². The predicted molar refractivity (Wildman–Crippen MR) is 273 cm³/mol. The van der Waals surface area contributed by atoms with Gasteiger partial charge in [0, 0.05) is 38.3 Å². The highest BCUT2D eigenvalue weighted by Gasteiger charge is 2.25. The molecule has 2 heteroatoms. The fourth-order valence-electron chi connectivity index (χ4n) is 9.57. The molecule has 0 aromatic heterocycles. The molecule has 12 rings (SSSR count). The van der Waals surface area contributed by atoms with Gasteiger partial charge in [-0.1, -0.05) is 212 Å². The van der Waals surface area contributed by atoms with Crippen LogP contribution in [0.5, 0.6) is 0 Å². The fraction of sp³-hybridized carbons (Fsp3) is 0.0164. The van der Waals surface area contributed by atoms with Crippen molar-refractivity contribution >= 4 is 93.1 Å². The Kier molecular flexibility index (Phi) is 9.80. The number of fused-ring (bicyclic) bond motifs is 6. The van der Waals surface area contributed by atoms with Gasteiger partial charge in [-0.25, -0.2) is 0 Å². The van der Waals surface area contributed by atoms with E-state index in [4.69, 9.17) is 0 Å². The number of benzene rings is 12. The zero-order chi connectivity index (χ0) is 42.1. The lowest BCUT2D eigenvalue weighted by Crippen LogP contribution is -2.12. The SMILES string of the molecule is Cc1cccc2ccccc12.c1ccc(Nc2c3ccccc3c(-c3c4ccccc4c(N(c4ccccc4)c4cccc5ccccc45)c4ccccc34)c3ccccc23)cc1. The normalized spacial score (nSPS) is 11.3. The van der Waals surface area contributed by atoms with E-state index < -0.39 is 0 Å². The summed E-state index contributed by atoms with van der Waals surface area (Å²) < 4.78 is 0. The van der Waals surface area contributed by atoms with Crippen LogP contribution in [-0.2, 0) is 0 Å². The average molecular weight is 805 g/mol. The molecule has 1 N–H and O–H groups in total. The van der Waals surface area contributed by atoms with Crippen molar-refractivity contribution in [3.63, 3.8) is 0 Å². The highest BCUT2D eigenvalue weighted by molar-refractivity contribution is 6.30. The van der Waals surface area contributed by atoms with Crippen LogP contribution >= 0.6 is 0 Å². The first-order valence-corrected chi connectivity index (χ1v) is 21.7. The number of para-hydroxylation sites is 2. The number of nitrogens with zero attached hydrogens (tertiary/aromatic N) is 1. The third-order valence-corrected chi connectivity index (χ3v) is 12.4. The third kappa shape index (κ3) is 6.79. The molecular weight excluding hydrogens is 761 g/mol. The molecule has 0 saturated heterocycles. The van der Waals surface area contributed by atoms with Crippen LogP contribution in [0.3, 0.4) is 0 Å². The van der Waals surface area contributed by atoms with E-state index in [2.05, 4.69) is 260 Å². The lowest BCUT2D eigenvalue weighted by Gasteiger charge is -2.31. The van der Waals surface area contributed by atoms with Gasteiger partial charge in [-0.15, -0.1) is 0 Å². The van der Waals surface area contributed by atoms with Gasteiger partial charge in [0.1, 0.15) is 0 Å². The molecule has 0 heterocycles. The second-order valence-corrected chi connectivity index (χ2v) is 16.1. The van der Waals surface area contributed by atoms with Crippen LogP contribution < -0.4 is 10.2 Å². The highest BCUT2D eigenvalue weighted by atomic mass is 15.1. The van der Waals surface area contributed by atoms with Crippen molar-refractivity contribution in [3.8, 4) is 11.1 Å². The molecule has 63 heavy (non-hydrogen) atoms. The van der Waals surface area contributed by atoms with E-state index in [0.717, 1.165) is 22.7 Å². The summed E-state index contributed by atoms with van der Waals surface area (Å²) in [7, 11) is 0. The Hall–Kier alpha value is -8.20. The number of rotatable bonds is 6. The highest BCUT2D eigenvalue weighted by Crippen LogP contribution is 2.52. The van der Waals surface area contributed by atoms with Crippen LogP contribution in [0.4, 0.5) is 28.4 Å². The minimum Gasteiger partial charge on any atom is -0.355 e. The first-order chi connectivity index (χ1) is 31.2. The summed E-state index contributed by atoms with van der Waals surface area (Å²) in [5.74, 6) is 0. The van der Waals surface area contributed by atoms with Gasteiger partial charge in [-0.2, -0.15) is 0 Å². The van der Waals surface area contributed by atoms with Crippen molar-refractivity contribution in [2.24, 2.45) is 0 Å². The topological polar surface area (TPSA) is 15.3 Å². The quantitative estimate of drug-likeness (QED) is 0.168. The Morgan fingerprint density at radius 2 is 0.683 bits per heavy atom. The van der Waals surface area contributed by atoms with Crippen LogP contribution in [0.2, 0.25) is 0 Å². The molecule has 0 fully saturated rings. The summed E-state index contributed by atoms with van der Waals surface area (Å²) >= 11 is 0. The summed E-state index contributed by atoms with van der Waals surface area (Å²) in [5.41, 5.74) is 9.49. The van der Waals surface area contributed by atoms with Crippen molar-refractivity contribution in [2.75, 3.05) is 10.2 Å². The fourth-order valence-corrected chi connectivity index (χ4v) is 9.57. The van der Waals surface area contributed by atoms with Crippen molar-refractivity contribution in [2.45, 2.75) is 6.92 Å². The summed E-state index contributed by atoms with van der Waals surface area (Å²) in [6, 6.07) is 87.1. The van der Waals surface area contributed by atoms with Gasteiger partial charge in [0.25, 0.3) is 0 Å². The molecule has 0 amide bonds. The van der Waals surface area contributed by atoms with Crippen molar-refractivity contribution in [1.82, 2.24) is 0 Å². The van der Waals surface area contributed by atoms with Gasteiger partial charge in [-0.05, 0) is 91.6 Å². The van der Waals surface area contributed by atoms with Gasteiger partial charge in [0.15, 0.2) is 0 Å². The van der Waals surface area contributed by atoms with Crippen LogP contribution in [-0.4, -0.2) is 0 Å². The van der Waals surface area contributed by atoms with Crippen LogP contribution in [0.25, 0.3) is 75.8 Å². The first-order valence-electron chi connectivity index (χ1n) is 21.7. The lowest BCUT2D eigenvalue weighted by atomic mass is 9.84. The van der Waals surface area contributed by atoms with Crippen molar-refractivity contribution in [3.05, 3.63) is 248 Å². The second-order valence-electron chi connectivity index (χ2n) is 16.1. The minimum atomic E-state index is 1.07. The average Bonchev–Trinajstić information content (AvgIpc) is 3.35. The molecule has 0 spiro atoms. The Morgan fingerprint density at radius 3 is 1.22 bits per heavy atom. The van der Waals surface area contributed by atoms with Crippen molar-refractivity contribution in [1.29, 1.82) is 0 Å². The lowest BCUT2D eigenvalue weighted by molar-refractivity contribution is 1.33. The number of nitrogens with one attached hydrogen (secondary N) is 1. The first kappa shape index (κ1) is 37.8. The predicted octanol–water partition coefficient (Wildman–Crippen LogP) is 17.5. The molecule has 0 unspecified atom stereocenters. The smallest absolute Gasteiger partial charge is 0.0619 e. The van der Waals surface area contributed by atoms with Crippen molar-refractivity contribution < 1.29 is 0 Å². The molecule has 0 aliphatic heterocycles. The zero-order valence-corrected chi connectivity index (χ0v) is 35.0. The van der Waals surface area contributed by atoms with Crippen LogP contribution in [0.1, 0.15) is 5.56 Å². The summed E-state index contributed by atoms with van der Waals surface area (Å²) in [5, 5.41) is 18.6. The zero-order valence-electron chi connectivity index (χ0n) is 35.0. The van der Waals surface area contributed by atoms with E-state index in [9.17, 15) is 0 Å². The van der Waals surface area contributed by atoms with E-state index in [1.165, 1.54) is 87.0 Å². The Labute approximate surface area is 367 Å². The van der Waals surface area contributed by atoms with Crippen LogP contribution in [0, 0.1) is 6.92 Å². The van der Waals surface area contributed by atoms with Gasteiger partial charge in [-0.3, -0.25) is 0 Å². The maximum atomic E-state index is 3.81. The maximum absolute atomic E-state index is 3.81. The van der Waals surface area contributed by atoms with E-state index in [1.54, 1.807) is 0 Å². The number of hydrogen-bond acceptors (Lipinski definition) is 2. The number of hydrogen-bond donors (Lipinski definition) is 1. The molecule has 0 radical (unpaired) electrons. The molecule has 0 aliphatic carbocycles. The summed E-state index contributed by atoms with van der Waals surface area (Å²) in [6.45, 7) is 2.14. The van der Waals surface area contributed by atoms with E-state index >= 15 is 0 Å². The molecule has 12 aromatic rings. The third-order valence-electron chi connectivity index (χ3n) is 12.4. The maximum Gasteiger partial charge on any atom is 0.0619 e. The Balaban J connectivity index is 0.000000351. The molecular formula is C61H44N2. The van der Waals surface area contributed by atoms with Gasteiger partial charge in [0.05, 0.1) is 17.1 Å². The van der Waals surface area contributed by atoms with E-state index in [0.29, 0.717) is 0 Å². The summed E-state index contributed by atoms with van der Waals surface area (Å²) in [4.78, 5) is 2.47. The number of aryl methyl sites for hydroxylation is 1. The standard InChI is InChI=1S/C50H34N2.C11H10/c1-3-20-35(21-4-1)51-49-42-29-13-9-25-38(42)47(39-26-10-14-30-43(39)49)48-40-27-11-15-31-44(40)50(45-32-16-12-28-41(45)48)52(36-22-5-2-6-23-36)46-33-17-19-34-18-7-8-24-37(34)46;1-9-5-4-7-10-6-2-3-8-11(9)10/h1-33,51H;2-8H,1H3. The molecule has 0 saturated carbocycles. The van der Waals surface area contributed by atoms with Gasteiger partial charge in [0.2, 0.25) is 0 Å². The van der Waals surface area contributed by atoms with Gasteiger partial charge < -0.3 is 10.2 Å². The Morgan fingerprint density at radius 1 is 0.302 bits per heavy atom. The minimum absolute atomic E-state index is 1.07. The molecule has 298 valence electrons. The van der Waals surface area contributed by atoms with Crippen LogP contribution in [0.15, 0.2) is 243 Å². The largest absolute Gasteiger partial charge is 0.355 e. The summed E-state index contributed by atoms with van der Waals surface area (Å²) in [6.07, 6.45) is 0. The number of anilines is 5.